The van der Waals surface area contributed by atoms with E-state index in [4.69, 9.17) is 4.74 Å². The molecule has 1 aliphatic rings. The van der Waals surface area contributed by atoms with Crippen LogP contribution in [0.5, 0.6) is 0 Å². The van der Waals surface area contributed by atoms with E-state index in [0.717, 1.165) is 6.42 Å². The molecule has 0 spiro atoms. The summed E-state index contributed by atoms with van der Waals surface area (Å²) in [6.45, 7) is 7.55. The van der Waals surface area contributed by atoms with Gasteiger partial charge in [0.15, 0.2) is 12.0 Å². The molecule has 2 atom stereocenters. The molecule has 0 bridgehead atoms. The lowest BCUT2D eigenvalue weighted by Gasteiger charge is -2.35. The van der Waals surface area contributed by atoms with Crippen molar-refractivity contribution in [3.8, 4) is 0 Å². The average Bonchev–Trinajstić information content (AvgIpc) is 2.36. The van der Waals surface area contributed by atoms with E-state index < -0.39 is 17.3 Å². The zero-order valence-electron chi connectivity index (χ0n) is 12.8. The lowest BCUT2D eigenvalue weighted by atomic mass is 9.68. The molecule has 20 heavy (non-hydrogen) atoms. The van der Waals surface area contributed by atoms with Gasteiger partial charge < -0.3 is 9.84 Å². The Balaban J connectivity index is 3.23. The Morgan fingerprint density at radius 1 is 1.60 bits per heavy atom. The van der Waals surface area contributed by atoms with Crippen molar-refractivity contribution in [2.75, 3.05) is 7.11 Å². The van der Waals surface area contributed by atoms with Crippen molar-refractivity contribution in [3.05, 3.63) is 11.3 Å². The molecule has 0 saturated carbocycles. The molecule has 112 valence electrons. The van der Waals surface area contributed by atoms with E-state index in [-0.39, 0.29) is 29.6 Å². The normalized spacial score (nSPS) is 24.1. The number of hydrogen-bond acceptors (Lipinski definition) is 4. The van der Waals surface area contributed by atoms with E-state index >= 15 is 0 Å². The summed E-state index contributed by atoms with van der Waals surface area (Å²) in [5, 5.41) is 10.3. The number of hydrogen-bond donors (Lipinski definition) is 2. The fraction of sp³-hybridized carbons (Fsp3) is 0.667. The molecule has 0 saturated heterocycles. The van der Waals surface area contributed by atoms with Crippen molar-refractivity contribution < 1.29 is 24.4 Å². The highest BCUT2D eigenvalue weighted by Crippen LogP contribution is 2.41. The largest absolute Gasteiger partial charge is 0.510 e. The Morgan fingerprint density at radius 2 is 2.20 bits per heavy atom. The first-order chi connectivity index (χ1) is 9.24. The summed E-state index contributed by atoms with van der Waals surface area (Å²) < 4.78 is 4.75. The number of ketones is 1. The Labute approximate surface area is 119 Å². The SMILES string of the molecule is CC[C@H](C)[NH+]=CC1=C(O)[C@H](C(=O)OC)C(C)(C)CC1=O. The molecule has 0 heterocycles. The van der Waals surface area contributed by atoms with Gasteiger partial charge >= 0.3 is 5.97 Å². The number of esters is 1. The second kappa shape index (κ2) is 6.20. The van der Waals surface area contributed by atoms with Crippen LogP contribution in [-0.4, -0.2) is 36.2 Å². The number of Topliss-reactive ketones (excluding diaryl/α,β-unsaturated/α-hetero) is 1. The van der Waals surface area contributed by atoms with Crippen molar-refractivity contribution in [2.24, 2.45) is 11.3 Å². The number of aliphatic hydroxyl groups is 1. The van der Waals surface area contributed by atoms with Gasteiger partial charge in [0, 0.05) is 12.8 Å². The van der Waals surface area contributed by atoms with Crippen molar-refractivity contribution >= 4 is 18.0 Å². The van der Waals surface area contributed by atoms with Gasteiger partial charge in [-0.3, -0.25) is 9.59 Å². The van der Waals surface area contributed by atoms with Gasteiger partial charge in [0.1, 0.15) is 23.3 Å². The smallest absolute Gasteiger partial charge is 0.316 e. The predicted molar refractivity (Wildman–Crippen MR) is 75.3 cm³/mol. The molecule has 1 rings (SSSR count). The average molecular weight is 282 g/mol. The molecule has 0 aromatic carbocycles. The number of aliphatic hydroxyl groups excluding tert-OH is 1. The maximum absolute atomic E-state index is 12.1. The van der Waals surface area contributed by atoms with E-state index in [1.165, 1.54) is 13.3 Å². The summed E-state index contributed by atoms with van der Waals surface area (Å²) in [6.07, 6.45) is 2.60. The van der Waals surface area contributed by atoms with Crippen LogP contribution in [0.3, 0.4) is 0 Å². The van der Waals surface area contributed by atoms with E-state index in [1.54, 1.807) is 13.8 Å². The summed E-state index contributed by atoms with van der Waals surface area (Å²) in [5.74, 6) is -1.69. The third kappa shape index (κ3) is 3.26. The van der Waals surface area contributed by atoms with E-state index in [9.17, 15) is 14.7 Å². The molecule has 0 radical (unpaired) electrons. The molecule has 5 nitrogen and oxygen atoms in total. The molecule has 0 aromatic heterocycles. The van der Waals surface area contributed by atoms with E-state index in [0.29, 0.717) is 0 Å². The molecule has 5 heteroatoms. The van der Waals surface area contributed by atoms with Crippen LogP contribution in [0.2, 0.25) is 0 Å². The number of ether oxygens (including phenoxy) is 1. The first kappa shape index (κ1) is 16.4. The van der Waals surface area contributed by atoms with Gasteiger partial charge in [-0.05, 0) is 12.3 Å². The summed E-state index contributed by atoms with van der Waals surface area (Å²) in [5.41, 5.74) is -0.470. The number of rotatable bonds is 4. The molecule has 0 unspecified atom stereocenters. The van der Waals surface area contributed by atoms with Gasteiger partial charge in [-0.15, -0.1) is 0 Å². The van der Waals surface area contributed by atoms with Gasteiger partial charge in [-0.25, -0.2) is 4.99 Å². The second-order valence-corrected chi connectivity index (χ2v) is 5.96. The van der Waals surface area contributed by atoms with Crippen molar-refractivity contribution in [1.29, 1.82) is 0 Å². The molecule has 0 amide bonds. The molecule has 0 fully saturated rings. The lowest BCUT2D eigenvalue weighted by Crippen LogP contribution is -2.75. The highest BCUT2D eigenvalue weighted by atomic mass is 16.5. The minimum atomic E-state index is -0.810. The highest BCUT2D eigenvalue weighted by Gasteiger charge is 2.47. The number of allylic oxidation sites excluding steroid dienone is 1. The van der Waals surface area contributed by atoms with Crippen molar-refractivity contribution in [3.63, 3.8) is 0 Å². The van der Waals surface area contributed by atoms with Crippen LogP contribution in [0, 0.1) is 11.3 Å². The predicted octanol–water partition coefficient (Wildman–Crippen LogP) is 0.537. The van der Waals surface area contributed by atoms with Gasteiger partial charge in [0.25, 0.3) is 0 Å². The number of methoxy groups -OCH3 is 1. The molecule has 1 aliphatic carbocycles. The maximum Gasteiger partial charge on any atom is 0.316 e. The third-order valence-corrected chi connectivity index (χ3v) is 3.81. The first-order valence-electron chi connectivity index (χ1n) is 6.88. The monoisotopic (exact) mass is 282 g/mol. The van der Waals surface area contributed by atoms with Crippen LogP contribution in [0.25, 0.3) is 0 Å². The topological polar surface area (TPSA) is 77.6 Å². The van der Waals surface area contributed by atoms with Crippen LogP contribution < -0.4 is 4.99 Å². The van der Waals surface area contributed by atoms with Crippen molar-refractivity contribution in [1.82, 2.24) is 0 Å². The minimum Gasteiger partial charge on any atom is -0.510 e. The van der Waals surface area contributed by atoms with Crippen LogP contribution in [0.4, 0.5) is 0 Å². The molecular weight excluding hydrogens is 258 g/mol. The van der Waals surface area contributed by atoms with Gasteiger partial charge in [-0.1, -0.05) is 20.8 Å². The summed E-state index contributed by atoms with van der Waals surface area (Å²) in [4.78, 5) is 27.1. The van der Waals surface area contributed by atoms with Gasteiger partial charge in [0.2, 0.25) is 0 Å². The standard InChI is InChI=1S/C15H23NO4/c1-6-9(2)16-8-10-11(17)7-15(3,4)12(13(10)18)14(19)20-5/h8-9,12,18H,6-7H2,1-5H3/p+1/t9-,12+/m0/s1. The van der Waals surface area contributed by atoms with Crippen LogP contribution in [-0.2, 0) is 14.3 Å². The second-order valence-electron chi connectivity index (χ2n) is 5.96. The Hall–Kier alpha value is -1.65. The summed E-state index contributed by atoms with van der Waals surface area (Å²) in [6, 6.07) is 0.189. The fourth-order valence-electron chi connectivity index (χ4n) is 2.33. The quantitative estimate of drug-likeness (QED) is 0.582. The van der Waals surface area contributed by atoms with Crippen LogP contribution >= 0.6 is 0 Å². The highest BCUT2D eigenvalue weighted by molar-refractivity contribution is 6.14. The van der Waals surface area contributed by atoms with Gasteiger partial charge in [0.05, 0.1) is 7.11 Å². The first-order valence-corrected chi connectivity index (χ1v) is 6.88. The van der Waals surface area contributed by atoms with Crippen LogP contribution in [0.1, 0.15) is 40.5 Å². The summed E-state index contributed by atoms with van der Waals surface area (Å²) >= 11 is 0. The van der Waals surface area contributed by atoms with E-state index in [1.807, 2.05) is 13.8 Å². The minimum absolute atomic E-state index is 0.163. The Morgan fingerprint density at radius 3 is 2.70 bits per heavy atom. The summed E-state index contributed by atoms with van der Waals surface area (Å²) in [7, 11) is 1.28. The zero-order chi connectivity index (χ0) is 15.5. The number of nitrogens with one attached hydrogen (secondary N) is 1. The van der Waals surface area contributed by atoms with Crippen LogP contribution in [0.15, 0.2) is 11.3 Å². The number of carbonyl (C=O) groups excluding carboxylic acids is 2. The maximum atomic E-state index is 12.1. The third-order valence-electron chi connectivity index (χ3n) is 3.81. The molecule has 0 aromatic rings. The van der Waals surface area contributed by atoms with Gasteiger partial charge in [-0.2, -0.15) is 0 Å². The fourth-order valence-corrected chi connectivity index (χ4v) is 2.33. The Bertz CT molecular complexity index is 462. The molecular formula is C15H24NO4+. The lowest BCUT2D eigenvalue weighted by molar-refractivity contribution is -0.493. The van der Waals surface area contributed by atoms with E-state index in [2.05, 4.69) is 4.99 Å². The van der Waals surface area contributed by atoms with Crippen molar-refractivity contribution in [2.45, 2.75) is 46.6 Å². The molecule has 2 N–H and O–H groups in total. The Kier molecular flexibility index (Phi) is 5.09. The zero-order valence-corrected chi connectivity index (χ0v) is 12.8. The molecule has 0 aliphatic heterocycles. The number of carbonyl (C=O) groups is 2.